The maximum Gasteiger partial charge on any atom is 0.162 e. The van der Waals surface area contributed by atoms with Crippen LogP contribution in [0.25, 0.3) is 0 Å². The molecular weight excluding hydrogens is 230 g/mol. The molecule has 18 heavy (non-hydrogen) atoms. The van der Waals surface area contributed by atoms with Crippen molar-refractivity contribution in [1.82, 2.24) is 5.32 Å². The first-order chi connectivity index (χ1) is 8.63. The van der Waals surface area contributed by atoms with Crippen LogP contribution in [0.2, 0.25) is 0 Å². The SMILES string of the molecule is CCC(=O)c1cccc(O)c1.OC1CCNCC1. The predicted octanol–water partition coefficient (Wildman–Crippen LogP) is 1.72. The highest BCUT2D eigenvalue weighted by atomic mass is 16.3. The van der Waals surface area contributed by atoms with Gasteiger partial charge in [0, 0.05) is 12.0 Å². The number of phenolic OH excluding ortho intramolecular Hbond substituents is 1. The Kier molecular flexibility index (Phi) is 6.39. The van der Waals surface area contributed by atoms with Crippen LogP contribution in [-0.2, 0) is 0 Å². The molecule has 2 rings (SSSR count). The number of aromatic hydroxyl groups is 1. The van der Waals surface area contributed by atoms with Gasteiger partial charge in [-0.25, -0.2) is 0 Å². The Hall–Kier alpha value is -1.39. The van der Waals surface area contributed by atoms with E-state index in [1.165, 1.54) is 6.07 Å². The van der Waals surface area contributed by atoms with Crippen LogP contribution in [0.15, 0.2) is 24.3 Å². The highest BCUT2D eigenvalue weighted by Gasteiger charge is 2.06. The topological polar surface area (TPSA) is 69.6 Å². The van der Waals surface area contributed by atoms with Gasteiger partial charge in [-0.15, -0.1) is 0 Å². The lowest BCUT2D eigenvalue weighted by molar-refractivity contribution is 0.0987. The number of ketones is 1. The van der Waals surface area contributed by atoms with Crippen LogP contribution < -0.4 is 5.32 Å². The monoisotopic (exact) mass is 251 g/mol. The van der Waals surface area contributed by atoms with Crippen molar-refractivity contribution in [3.8, 4) is 5.75 Å². The molecule has 0 spiro atoms. The van der Waals surface area contributed by atoms with E-state index in [4.69, 9.17) is 10.2 Å². The fraction of sp³-hybridized carbons (Fsp3) is 0.500. The van der Waals surface area contributed by atoms with E-state index in [0.717, 1.165) is 25.9 Å². The first kappa shape index (κ1) is 14.7. The minimum atomic E-state index is -0.0266. The Morgan fingerprint density at radius 3 is 2.50 bits per heavy atom. The zero-order valence-electron chi connectivity index (χ0n) is 10.7. The summed E-state index contributed by atoms with van der Waals surface area (Å²) >= 11 is 0. The standard InChI is InChI=1S/C9H10O2.C5H11NO/c1-2-9(11)7-4-3-5-8(10)6-7;7-5-1-3-6-4-2-5/h3-6,10H,2H2,1H3;5-7H,1-4H2. The predicted molar refractivity (Wildman–Crippen MR) is 70.8 cm³/mol. The van der Waals surface area contributed by atoms with Crippen LogP contribution in [0.3, 0.4) is 0 Å². The second-order valence-electron chi connectivity index (χ2n) is 4.31. The van der Waals surface area contributed by atoms with Gasteiger partial charge in [-0.1, -0.05) is 19.1 Å². The molecule has 1 aromatic carbocycles. The van der Waals surface area contributed by atoms with Crippen LogP contribution >= 0.6 is 0 Å². The van der Waals surface area contributed by atoms with Crippen molar-refractivity contribution in [2.24, 2.45) is 0 Å². The molecular formula is C14H21NO3. The third-order valence-electron chi connectivity index (χ3n) is 2.80. The molecule has 1 aliphatic heterocycles. The summed E-state index contributed by atoms with van der Waals surface area (Å²) in [6, 6.07) is 6.39. The highest BCUT2D eigenvalue weighted by molar-refractivity contribution is 5.96. The molecule has 0 bridgehead atoms. The minimum Gasteiger partial charge on any atom is -0.508 e. The molecule has 100 valence electrons. The Morgan fingerprint density at radius 2 is 2.06 bits per heavy atom. The molecule has 4 nitrogen and oxygen atoms in total. The van der Waals surface area contributed by atoms with E-state index < -0.39 is 0 Å². The fourth-order valence-electron chi connectivity index (χ4n) is 1.69. The quantitative estimate of drug-likeness (QED) is 0.700. The van der Waals surface area contributed by atoms with Crippen LogP contribution in [0, 0.1) is 0 Å². The molecule has 0 saturated carbocycles. The summed E-state index contributed by atoms with van der Waals surface area (Å²) in [5.74, 6) is 0.199. The average molecular weight is 251 g/mol. The number of aliphatic hydroxyl groups excluding tert-OH is 1. The number of carbonyl (C=O) groups excluding carboxylic acids is 1. The van der Waals surface area contributed by atoms with Gasteiger partial charge in [0.1, 0.15) is 5.75 Å². The lowest BCUT2D eigenvalue weighted by atomic mass is 10.1. The van der Waals surface area contributed by atoms with E-state index >= 15 is 0 Å². The van der Waals surface area contributed by atoms with Gasteiger partial charge in [0.15, 0.2) is 5.78 Å². The molecule has 4 heteroatoms. The van der Waals surface area contributed by atoms with Crippen LogP contribution in [0.4, 0.5) is 0 Å². The summed E-state index contributed by atoms with van der Waals surface area (Å²) < 4.78 is 0. The lowest BCUT2D eigenvalue weighted by Gasteiger charge is -2.16. The van der Waals surface area contributed by atoms with E-state index in [9.17, 15) is 4.79 Å². The summed E-state index contributed by atoms with van der Waals surface area (Å²) in [6.07, 6.45) is 2.31. The Balaban J connectivity index is 0.000000199. The molecule has 3 N–H and O–H groups in total. The first-order valence-corrected chi connectivity index (χ1v) is 6.34. The number of hydrogen-bond acceptors (Lipinski definition) is 4. The van der Waals surface area contributed by atoms with Gasteiger partial charge in [-0.3, -0.25) is 4.79 Å². The second kappa shape index (κ2) is 7.84. The van der Waals surface area contributed by atoms with E-state index in [1.54, 1.807) is 25.1 Å². The first-order valence-electron chi connectivity index (χ1n) is 6.34. The number of nitrogens with one attached hydrogen (secondary N) is 1. The molecule has 1 aliphatic rings. The number of piperidine rings is 1. The van der Waals surface area contributed by atoms with Crippen LogP contribution in [0.1, 0.15) is 36.5 Å². The molecule has 0 aromatic heterocycles. The Labute approximate surface area is 108 Å². The van der Waals surface area contributed by atoms with Crippen molar-refractivity contribution in [2.45, 2.75) is 32.3 Å². The maximum atomic E-state index is 11.1. The lowest BCUT2D eigenvalue weighted by Crippen LogP contribution is -2.30. The molecule has 0 radical (unpaired) electrons. The van der Waals surface area contributed by atoms with Crippen molar-refractivity contribution < 1.29 is 15.0 Å². The summed E-state index contributed by atoms with van der Waals surface area (Å²) in [4.78, 5) is 11.1. The molecule has 0 amide bonds. The summed E-state index contributed by atoms with van der Waals surface area (Å²) in [5, 5.41) is 21.0. The van der Waals surface area contributed by atoms with Gasteiger partial charge >= 0.3 is 0 Å². The molecule has 1 heterocycles. The van der Waals surface area contributed by atoms with E-state index in [2.05, 4.69) is 5.32 Å². The highest BCUT2D eigenvalue weighted by Crippen LogP contribution is 2.12. The van der Waals surface area contributed by atoms with Crippen molar-refractivity contribution in [2.75, 3.05) is 13.1 Å². The zero-order chi connectivity index (χ0) is 13.4. The zero-order valence-corrected chi connectivity index (χ0v) is 10.7. The molecule has 0 atom stereocenters. The third-order valence-corrected chi connectivity index (χ3v) is 2.80. The van der Waals surface area contributed by atoms with Crippen LogP contribution in [0.5, 0.6) is 5.75 Å². The molecule has 1 fully saturated rings. The largest absolute Gasteiger partial charge is 0.508 e. The van der Waals surface area contributed by atoms with Crippen molar-refractivity contribution in [3.63, 3.8) is 0 Å². The number of hydrogen-bond donors (Lipinski definition) is 3. The number of Topliss-reactive ketones (excluding diaryl/α,β-unsaturated/α-hetero) is 1. The summed E-state index contributed by atoms with van der Waals surface area (Å²) in [6.45, 7) is 3.77. The number of carbonyl (C=O) groups is 1. The maximum absolute atomic E-state index is 11.1. The van der Waals surface area contributed by atoms with E-state index in [0.29, 0.717) is 12.0 Å². The van der Waals surface area contributed by atoms with Gasteiger partial charge in [-0.05, 0) is 38.1 Å². The van der Waals surface area contributed by atoms with Crippen molar-refractivity contribution in [1.29, 1.82) is 0 Å². The normalized spacial score (nSPS) is 15.7. The number of benzene rings is 1. The number of phenols is 1. The van der Waals surface area contributed by atoms with Crippen LogP contribution in [-0.4, -0.2) is 35.2 Å². The molecule has 0 unspecified atom stereocenters. The Morgan fingerprint density at radius 1 is 1.39 bits per heavy atom. The van der Waals surface area contributed by atoms with E-state index in [1.807, 2.05) is 0 Å². The van der Waals surface area contributed by atoms with Gasteiger partial charge < -0.3 is 15.5 Å². The summed E-state index contributed by atoms with van der Waals surface area (Å²) in [7, 11) is 0. The van der Waals surface area contributed by atoms with Gasteiger partial charge in [0.2, 0.25) is 0 Å². The van der Waals surface area contributed by atoms with Crippen molar-refractivity contribution >= 4 is 5.78 Å². The number of aliphatic hydroxyl groups is 1. The van der Waals surface area contributed by atoms with Gasteiger partial charge in [-0.2, -0.15) is 0 Å². The molecule has 1 aromatic rings. The third kappa shape index (κ3) is 5.29. The molecule has 0 aliphatic carbocycles. The van der Waals surface area contributed by atoms with Gasteiger partial charge in [0.25, 0.3) is 0 Å². The minimum absolute atomic E-state index is 0.0266. The summed E-state index contributed by atoms with van der Waals surface area (Å²) in [5.41, 5.74) is 0.576. The molecule has 1 saturated heterocycles. The average Bonchev–Trinajstić information content (AvgIpc) is 2.39. The number of rotatable bonds is 2. The second-order valence-corrected chi connectivity index (χ2v) is 4.31. The fourth-order valence-corrected chi connectivity index (χ4v) is 1.69. The van der Waals surface area contributed by atoms with Gasteiger partial charge in [0.05, 0.1) is 6.10 Å². The van der Waals surface area contributed by atoms with E-state index in [-0.39, 0.29) is 17.6 Å². The van der Waals surface area contributed by atoms with Crippen molar-refractivity contribution in [3.05, 3.63) is 29.8 Å². The smallest absolute Gasteiger partial charge is 0.162 e. The Bertz CT molecular complexity index is 373.